The molecule has 0 bridgehead atoms. The van der Waals surface area contributed by atoms with Crippen LogP contribution in [0.3, 0.4) is 0 Å². The Morgan fingerprint density at radius 3 is 2.52 bits per heavy atom. The maximum Gasteiger partial charge on any atom is 0.274 e. The molecule has 0 atom stereocenters. The number of anilines is 1. The second kappa shape index (κ2) is 6.89. The van der Waals surface area contributed by atoms with Gasteiger partial charge in [-0.25, -0.2) is 4.39 Å². The van der Waals surface area contributed by atoms with Crippen LogP contribution in [0.25, 0.3) is 0 Å². The van der Waals surface area contributed by atoms with E-state index in [2.05, 4.69) is 22.9 Å². The van der Waals surface area contributed by atoms with Gasteiger partial charge in [-0.15, -0.1) is 0 Å². The summed E-state index contributed by atoms with van der Waals surface area (Å²) in [6, 6.07) is 7.81. The summed E-state index contributed by atoms with van der Waals surface area (Å²) in [6.07, 6.45) is 2.86. The Hall–Kier alpha value is -1.62. The standard InChI is InChI=1S/C16H18BrFN2O/c1-3-9-19-11-12(17)10-15(19)16(21)20(4-2)14-7-5-13(18)6-8-14/h5-8,10-11H,3-4,9H2,1-2H3. The minimum absolute atomic E-state index is 0.0803. The number of halogens is 2. The first kappa shape index (κ1) is 15.8. The first-order valence-corrected chi connectivity index (χ1v) is 7.79. The Kier molecular flexibility index (Phi) is 5.17. The normalized spacial score (nSPS) is 10.7. The van der Waals surface area contributed by atoms with Gasteiger partial charge in [0.2, 0.25) is 0 Å². The second-order valence-corrected chi connectivity index (χ2v) is 5.68. The molecule has 0 saturated carbocycles. The fourth-order valence-corrected chi connectivity index (χ4v) is 2.75. The van der Waals surface area contributed by atoms with Crippen molar-refractivity contribution in [2.75, 3.05) is 11.4 Å². The van der Waals surface area contributed by atoms with Gasteiger partial charge in [-0.1, -0.05) is 6.92 Å². The summed E-state index contributed by atoms with van der Waals surface area (Å²) in [5.41, 5.74) is 1.33. The highest BCUT2D eigenvalue weighted by atomic mass is 79.9. The summed E-state index contributed by atoms with van der Waals surface area (Å²) in [5, 5.41) is 0. The van der Waals surface area contributed by atoms with E-state index in [-0.39, 0.29) is 11.7 Å². The Morgan fingerprint density at radius 2 is 1.95 bits per heavy atom. The molecule has 1 amide bonds. The molecule has 1 heterocycles. The molecule has 0 spiro atoms. The van der Waals surface area contributed by atoms with Crippen molar-refractivity contribution < 1.29 is 9.18 Å². The van der Waals surface area contributed by atoms with Crippen LogP contribution in [0, 0.1) is 5.82 Å². The molecule has 0 N–H and O–H groups in total. The summed E-state index contributed by atoms with van der Waals surface area (Å²) >= 11 is 3.42. The maximum atomic E-state index is 13.0. The first-order chi connectivity index (χ1) is 10.1. The molecule has 0 aliphatic rings. The molecule has 0 aliphatic carbocycles. The van der Waals surface area contributed by atoms with Crippen LogP contribution in [-0.4, -0.2) is 17.0 Å². The quantitative estimate of drug-likeness (QED) is 0.779. The molecule has 0 saturated heterocycles. The third-order valence-corrected chi connectivity index (χ3v) is 3.68. The topological polar surface area (TPSA) is 25.2 Å². The van der Waals surface area contributed by atoms with Crippen LogP contribution in [-0.2, 0) is 6.54 Å². The lowest BCUT2D eigenvalue weighted by Crippen LogP contribution is -2.32. The molecule has 112 valence electrons. The largest absolute Gasteiger partial charge is 0.342 e. The van der Waals surface area contributed by atoms with Gasteiger partial charge in [0.05, 0.1) is 0 Å². The van der Waals surface area contributed by atoms with E-state index in [4.69, 9.17) is 0 Å². The van der Waals surface area contributed by atoms with Gasteiger partial charge in [-0.05, 0) is 59.6 Å². The molecule has 1 aromatic carbocycles. The van der Waals surface area contributed by atoms with E-state index in [1.54, 1.807) is 17.0 Å². The van der Waals surface area contributed by atoms with Crippen LogP contribution in [0.15, 0.2) is 41.0 Å². The van der Waals surface area contributed by atoms with E-state index in [1.807, 2.05) is 23.8 Å². The van der Waals surface area contributed by atoms with Crippen molar-refractivity contribution in [2.45, 2.75) is 26.8 Å². The van der Waals surface area contributed by atoms with Crippen LogP contribution >= 0.6 is 15.9 Å². The number of hydrogen-bond donors (Lipinski definition) is 0. The fraction of sp³-hybridized carbons (Fsp3) is 0.312. The van der Waals surface area contributed by atoms with E-state index >= 15 is 0 Å². The number of aryl methyl sites for hydroxylation is 1. The van der Waals surface area contributed by atoms with Crippen molar-refractivity contribution in [2.24, 2.45) is 0 Å². The molecule has 0 radical (unpaired) electrons. The third kappa shape index (κ3) is 3.53. The SMILES string of the molecule is CCCn1cc(Br)cc1C(=O)N(CC)c1ccc(F)cc1. The van der Waals surface area contributed by atoms with E-state index in [9.17, 15) is 9.18 Å². The van der Waals surface area contributed by atoms with Crippen LogP contribution in [0.4, 0.5) is 10.1 Å². The zero-order valence-electron chi connectivity index (χ0n) is 12.1. The van der Waals surface area contributed by atoms with Gasteiger partial charge in [-0.3, -0.25) is 4.79 Å². The minimum atomic E-state index is -0.306. The first-order valence-electron chi connectivity index (χ1n) is 7.00. The molecule has 0 unspecified atom stereocenters. The number of aromatic nitrogens is 1. The zero-order chi connectivity index (χ0) is 15.4. The molecule has 0 aliphatic heterocycles. The lowest BCUT2D eigenvalue weighted by atomic mass is 10.2. The summed E-state index contributed by atoms with van der Waals surface area (Å²) < 4.78 is 15.9. The molecule has 0 fully saturated rings. The number of nitrogens with zero attached hydrogens (tertiary/aromatic N) is 2. The number of amides is 1. The number of rotatable bonds is 5. The van der Waals surface area contributed by atoms with Gasteiger partial charge in [-0.2, -0.15) is 0 Å². The van der Waals surface area contributed by atoms with E-state index < -0.39 is 0 Å². The number of hydrogen-bond acceptors (Lipinski definition) is 1. The van der Waals surface area contributed by atoms with E-state index in [0.717, 1.165) is 17.4 Å². The Labute approximate surface area is 132 Å². The highest BCUT2D eigenvalue weighted by Gasteiger charge is 2.20. The summed E-state index contributed by atoms with van der Waals surface area (Å²) in [7, 11) is 0. The molecular weight excluding hydrogens is 335 g/mol. The smallest absolute Gasteiger partial charge is 0.274 e. The van der Waals surface area contributed by atoms with Crippen molar-refractivity contribution in [1.29, 1.82) is 0 Å². The summed E-state index contributed by atoms with van der Waals surface area (Å²) in [5.74, 6) is -0.386. The molecule has 1 aromatic heterocycles. The van der Waals surface area contributed by atoms with Gasteiger partial charge in [0, 0.05) is 29.4 Å². The average Bonchev–Trinajstić information content (AvgIpc) is 2.83. The van der Waals surface area contributed by atoms with E-state index in [1.165, 1.54) is 12.1 Å². The van der Waals surface area contributed by atoms with Gasteiger partial charge >= 0.3 is 0 Å². The van der Waals surface area contributed by atoms with Crippen LogP contribution in [0.1, 0.15) is 30.8 Å². The molecule has 5 heteroatoms. The van der Waals surface area contributed by atoms with Crippen molar-refractivity contribution in [3.63, 3.8) is 0 Å². The fourth-order valence-electron chi connectivity index (χ4n) is 2.28. The Bertz CT molecular complexity index is 622. The predicted octanol–water partition coefficient (Wildman–Crippen LogP) is 4.47. The lowest BCUT2D eigenvalue weighted by molar-refractivity contribution is 0.0979. The van der Waals surface area contributed by atoms with Crippen LogP contribution in [0.2, 0.25) is 0 Å². The van der Waals surface area contributed by atoms with Crippen molar-refractivity contribution in [1.82, 2.24) is 4.57 Å². The van der Waals surface area contributed by atoms with E-state index in [0.29, 0.717) is 17.9 Å². The van der Waals surface area contributed by atoms with Crippen molar-refractivity contribution in [3.8, 4) is 0 Å². The highest BCUT2D eigenvalue weighted by Crippen LogP contribution is 2.21. The highest BCUT2D eigenvalue weighted by molar-refractivity contribution is 9.10. The number of benzene rings is 1. The molecule has 3 nitrogen and oxygen atoms in total. The minimum Gasteiger partial charge on any atom is -0.342 e. The zero-order valence-corrected chi connectivity index (χ0v) is 13.7. The number of carbonyl (C=O) groups is 1. The molecular formula is C16H18BrFN2O. The summed E-state index contributed by atoms with van der Waals surface area (Å²) in [6.45, 7) is 5.29. The molecule has 2 aromatic rings. The molecule has 21 heavy (non-hydrogen) atoms. The Morgan fingerprint density at radius 1 is 1.29 bits per heavy atom. The lowest BCUT2D eigenvalue weighted by Gasteiger charge is -2.21. The van der Waals surface area contributed by atoms with Crippen LogP contribution in [0.5, 0.6) is 0 Å². The van der Waals surface area contributed by atoms with Crippen molar-refractivity contribution >= 4 is 27.5 Å². The molecule has 2 rings (SSSR count). The van der Waals surface area contributed by atoms with Gasteiger partial charge in [0.15, 0.2) is 0 Å². The Balaban J connectivity index is 2.34. The monoisotopic (exact) mass is 352 g/mol. The van der Waals surface area contributed by atoms with Crippen LogP contribution < -0.4 is 4.90 Å². The van der Waals surface area contributed by atoms with Gasteiger partial charge < -0.3 is 9.47 Å². The third-order valence-electron chi connectivity index (χ3n) is 3.25. The van der Waals surface area contributed by atoms with Crippen molar-refractivity contribution in [3.05, 3.63) is 52.5 Å². The maximum absolute atomic E-state index is 13.0. The summed E-state index contributed by atoms with van der Waals surface area (Å²) in [4.78, 5) is 14.4. The second-order valence-electron chi connectivity index (χ2n) is 4.76. The average molecular weight is 353 g/mol. The van der Waals surface area contributed by atoms with Gasteiger partial charge in [0.25, 0.3) is 5.91 Å². The number of carbonyl (C=O) groups excluding carboxylic acids is 1. The van der Waals surface area contributed by atoms with Gasteiger partial charge in [0.1, 0.15) is 11.5 Å². The predicted molar refractivity (Wildman–Crippen MR) is 86.2 cm³/mol.